The monoisotopic (exact) mass is 336 g/mol. The van der Waals surface area contributed by atoms with Crippen molar-refractivity contribution in [1.29, 1.82) is 0 Å². The summed E-state index contributed by atoms with van der Waals surface area (Å²) in [5, 5.41) is -0.116. The lowest BCUT2D eigenvalue weighted by molar-refractivity contribution is 1.06. The Morgan fingerprint density at radius 3 is 2.11 bits per heavy atom. The highest BCUT2D eigenvalue weighted by molar-refractivity contribution is 9.10. The summed E-state index contributed by atoms with van der Waals surface area (Å²) in [5.74, 6) is 0. The third-order valence-corrected chi connectivity index (χ3v) is 5.02. The molecule has 2 aromatic carbocycles. The van der Waals surface area contributed by atoms with E-state index in [1.165, 1.54) is 27.8 Å². The molecule has 2 aromatic rings. The molecule has 1 atom stereocenters. The molecule has 0 fully saturated rings. The lowest BCUT2D eigenvalue weighted by Gasteiger charge is -2.19. The number of halogens is 2. The van der Waals surface area contributed by atoms with Crippen molar-refractivity contribution in [3.63, 3.8) is 0 Å². The second-order valence-corrected chi connectivity index (χ2v) is 6.38. The van der Waals surface area contributed by atoms with Crippen molar-refractivity contribution >= 4 is 27.5 Å². The van der Waals surface area contributed by atoms with E-state index in [1.807, 2.05) is 0 Å². The fraction of sp³-hybridized carbons (Fsp3) is 0.294. The molecular formula is C17H18BrCl. The van der Waals surface area contributed by atoms with E-state index in [4.69, 9.17) is 11.6 Å². The fourth-order valence-corrected chi connectivity index (χ4v) is 3.76. The molecule has 0 aliphatic heterocycles. The molecule has 0 aliphatic rings. The zero-order valence-corrected chi connectivity index (χ0v) is 14.1. The van der Waals surface area contributed by atoms with Crippen LogP contribution in [0.3, 0.4) is 0 Å². The van der Waals surface area contributed by atoms with Gasteiger partial charge in [0.05, 0.1) is 5.38 Å². The van der Waals surface area contributed by atoms with Gasteiger partial charge in [-0.1, -0.05) is 51.8 Å². The zero-order valence-electron chi connectivity index (χ0n) is 11.7. The van der Waals surface area contributed by atoms with E-state index < -0.39 is 0 Å². The van der Waals surface area contributed by atoms with Crippen LogP contribution < -0.4 is 0 Å². The molecule has 0 bridgehead atoms. The van der Waals surface area contributed by atoms with Gasteiger partial charge >= 0.3 is 0 Å². The first-order valence-electron chi connectivity index (χ1n) is 6.38. The minimum atomic E-state index is -0.116. The maximum Gasteiger partial charge on any atom is 0.0851 e. The average Bonchev–Trinajstić information content (AvgIpc) is 2.31. The molecule has 19 heavy (non-hydrogen) atoms. The highest BCUT2D eigenvalue weighted by Gasteiger charge is 2.18. The summed E-state index contributed by atoms with van der Waals surface area (Å²) in [7, 11) is 0. The number of benzene rings is 2. The molecule has 0 nitrogen and oxygen atoms in total. The Labute approximate surface area is 128 Å². The van der Waals surface area contributed by atoms with E-state index >= 15 is 0 Å². The first kappa shape index (κ1) is 14.6. The van der Waals surface area contributed by atoms with Gasteiger partial charge in [0.25, 0.3) is 0 Å². The number of aryl methyl sites for hydroxylation is 4. The first-order chi connectivity index (χ1) is 8.91. The predicted octanol–water partition coefficient (Wildman–Crippen LogP) is 6.01. The molecule has 0 amide bonds. The van der Waals surface area contributed by atoms with Gasteiger partial charge < -0.3 is 0 Å². The smallest absolute Gasteiger partial charge is 0.0851 e. The summed E-state index contributed by atoms with van der Waals surface area (Å²) in [6.07, 6.45) is 0. The number of rotatable bonds is 2. The third-order valence-electron chi connectivity index (χ3n) is 3.49. The summed E-state index contributed by atoms with van der Waals surface area (Å²) in [5.41, 5.74) is 7.36. The van der Waals surface area contributed by atoms with Gasteiger partial charge in [0, 0.05) is 4.47 Å². The van der Waals surface area contributed by atoms with Crippen molar-refractivity contribution in [2.45, 2.75) is 33.1 Å². The van der Waals surface area contributed by atoms with Gasteiger partial charge in [-0.15, -0.1) is 11.6 Å². The van der Waals surface area contributed by atoms with Crippen molar-refractivity contribution in [2.75, 3.05) is 0 Å². The Morgan fingerprint density at radius 2 is 1.53 bits per heavy atom. The van der Waals surface area contributed by atoms with Crippen LogP contribution in [0.15, 0.2) is 34.8 Å². The Morgan fingerprint density at radius 1 is 0.947 bits per heavy atom. The number of hydrogen-bond donors (Lipinski definition) is 0. The lowest BCUT2D eigenvalue weighted by Crippen LogP contribution is -2.02. The molecular weight excluding hydrogens is 320 g/mol. The van der Waals surface area contributed by atoms with Crippen LogP contribution in [0.25, 0.3) is 0 Å². The van der Waals surface area contributed by atoms with E-state index in [1.54, 1.807) is 0 Å². The van der Waals surface area contributed by atoms with Gasteiger partial charge in [-0.05, 0) is 55.5 Å². The molecule has 1 unspecified atom stereocenters. The standard InChI is InChI=1S/C17H18BrCl/c1-10-8-12(3)15(13(4)9-10)17(19)14-7-5-6-11(2)16(14)18/h5-9,17H,1-4H3. The normalized spacial score (nSPS) is 12.5. The molecule has 0 spiro atoms. The van der Waals surface area contributed by atoms with Crippen LogP contribution in [0.1, 0.15) is 38.8 Å². The van der Waals surface area contributed by atoms with Crippen molar-refractivity contribution in [1.82, 2.24) is 0 Å². The topological polar surface area (TPSA) is 0 Å². The maximum absolute atomic E-state index is 6.74. The average molecular weight is 338 g/mol. The van der Waals surface area contributed by atoms with Crippen LogP contribution in [-0.2, 0) is 0 Å². The molecule has 0 radical (unpaired) electrons. The van der Waals surface area contributed by atoms with Crippen molar-refractivity contribution in [3.8, 4) is 0 Å². The van der Waals surface area contributed by atoms with Gasteiger partial charge in [-0.2, -0.15) is 0 Å². The summed E-state index contributed by atoms with van der Waals surface area (Å²) in [6.45, 7) is 8.48. The van der Waals surface area contributed by atoms with Crippen molar-refractivity contribution in [3.05, 3.63) is 68.2 Å². The van der Waals surface area contributed by atoms with Crippen LogP contribution in [-0.4, -0.2) is 0 Å². The Balaban J connectivity index is 2.56. The molecule has 2 rings (SSSR count). The van der Waals surface area contributed by atoms with Crippen molar-refractivity contribution < 1.29 is 0 Å². The largest absolute Gasteiger partial charge is 0.113 e. The van der Waals surface area contributed by atoms with E-state index in [9.17, 15) is 0 Å². The predicted molar refractivity (Wildman–Crippen MR) is 87.2 cm³/mol. The molecule has 0 heterocycles. The van der Waals surface area contributed by atoms with Crippen LogP contribution in [0.5, 0.6) is 0 Å². The third kappa shape index (κ3) is 2.88. The minimum absolute atomic E-state index is 0.116. The van der Waals surface area contributed by atoms with Gasteiger partial charge in [-0.3, -0.25) is 0 Å². The Kier molecular flexibility index (Phi) is 4.37. The lowest BCUT2D eigenvalue weighted by atomic mass is 9.93. The summed E-state index contributed by atoms with van der Waals surface area (Å²) >= 11 is 10.4. The van der Waals surface area contributed by atoms with E-state index in [2.05, 4.69) is 74.0 Å². The van der Waals surface area contributed by atoms with Gasteiger partial charge in [0.15, 0.2) is 0 Å². The zero-order chi connectivity index (χ0) is 14.2. The summed E-state index contributed by atoms with van der Waals surface area (Å²) < 4.78 is 1.11. The van der Waals surface area contributed by atoms with Crippen molar-refractivity contribution in [2.24, 2.45) is 0 Å². The molecule has 100 valence electrons. The second-order valence-electron chi connectivity index (χ2n) is 5.15. The number of alkyl halides is 1. The highest BCUT2D eigenvalue weighted by atomic mass is 79.9. The van der Waals surface area contributed by atoms with Gasteiger partial charge in [-0.25, -0.2) is 0 Å². The van der Waals surface area contributed by atoms with E-state index in [0.717, 1.165) is 10.0 Å². The Hall–Kier alpha value is -0.790. The van der Waals surface area contributed by atoms with Crippen LogP contribution in [0.4, 0.5) is 0 Å². The fourth-order valence-electron chi connectivity index (χ4n) is 2.61. The molecule has 0 saturated carbocycles. The quantitative estimate of drug-likeness (QED) is 0.589. The van der Waals surface area contributed by atoms with Crippen LogP contribution in [0, 0.1) is 27.7 Å². The highest BCUT2D eigenvalue weighted by Crippen LogP contribution is 2.38. The first-order valence-corrected chi connectivity index (χ1v) is 7.61. The maximum atomic E-state index is 6.74. The number of hydrogen-bond acceptors (Lipinski definition) is 0. The Bertz CT molecular complexity index is 594. The molecule has 0 N–H and O–H groups in total. The molecule has 0 aromatic heterocycles. The minimum Gasteiger partial charge on any atom is -0.113 e. The molecule has 2 heteroatoms. The molecule has 0 aliphatic carbocycles. The SMILES string of the molecule is Cc1cc(C)c(C(Cl)c2cccc(C)c2Br)c(C)c1. The molecule has 0 saturated heterocycles. The second kappa shape index (κ2) is 5.68. The van der Waals surface area contributed by atoms with E-state index in [0.29, 0.717) is 0 Å². The van der Waals surface area contributed by atoms with Gasteiger partial charge in [0.1, 0.15) is 0 Å². The van der Waals surface area contributed by atoms with Crippen LogP contribution >= 0.6 is 27.5 Å². The van der Waals surface area contributed by atoms with Gasteiger partial charge in [0.2, 0.25) is 0 Å². The van der Waals surface area contributed by atoms with E-state index in [-0.39, 0.29) is 5.38 Å². The summed E-state index contributed by atoms with van der Waals surface area (Å²) in [6, 6.07) is 10.6. The summed E-state index contributed by atoms with van der Waals surface area (Å²) in [4.78, 5) is 0. The van der Waals surface area contributed by atoms with Crippen LogP contribution in [0.2, 0.25) is 0 Å².